The van der Waals surface area contributed by atoms with Crippen LogP contribution in [0.4, 0.5) is 0 Å². The fourth-order valence-electron chi connectivity index (χ4n) is 1.52. The fraction of sp³-hybridized carbons (Fsp3) is 0.0769. The van der Waals surface area contributed by atoms with Gasteiger partial charge in [0.25, 0.3) is 0 Å². The summed E-state index contributed by atoms with van der Waals surface area (Å²) in [5.41, 5.74) is 3.17. The Morgan fingerprint density at radius 3 is 2.19 bits per heavy atom. The van der Waals surface area contributed by atoms with Crippen LogP contribution in [-0.4, -0.2) is 0 Å². The molecule has 0 spiro atoms. The van der Waals surface area contributed by atoms with Gasteiger partial charge in [-0.25, -0.2) is 0 Å². The summed E-state index contributed by atoms with van der Waals surface area (Å²) in [4.78, 5) is -0.516. The molecule has 2 aromatic carbocycles. The molecule has 0 amide bonds. The average Bonchev–Trinajstić information content (AvgIpc) is 2.30. The van der Waals surface area contributed by atoms with Gasteiger partial charge in [-0.15, -0.1) is 23.2 Å². The van der Waals surface area contributed by atoms with Crippen molar-refractivity contribution in [1.82, 2.24) is 0 Å². The van der Waals surface area contributed by atoms with Crippen LogP contribution in [0.3, 0.4) is 0 Å². The van der Waals surface area contributed by atoms with Crippen molar-refractivity contribution in [2.45, 2.75) is 4.84 Å². The monoisotopic (exact) mass is 314 g/mol. The zero-order valence-corrected chi connectivity index (χ0v) is 11.4. The topological polar surface area (TPSA) is 0 Å². The van der Waals surface area contributed by atoms with Gasteiger partial charge in [0.1, 0.15) is 4.84 Å². The average molecular weight is 316 g/mol. The molecule has 0 radical (unpaired) electrons. The van der Waals surface area contributed by atoms with Gasteiger partial charge in [0, 0.05) is 4.47 Å². The highest BCUT2D eigenvalue weighted by Crippen LogP contribution is 2.34. The van der Waals surface area contributed by atoms with E-state index in [9.17, 15) is 0 Å². The van der Waals surface area contributed by atoms with Crippen molar-refractivity contribution in [1.29, 1.82) is 0 Å². The maximum absolute atomic E-state index is 5.90. The van der Waals surface area contributed by atoms with Crippen LogP contribution in [0.1, 0.15) is 10.4 Å². The van der Waals surface area contributed by atoms with Gasteiger partial charge in [-0.3, -0.25) is 0 Å². The van der Waals surface area contributed by atoms with Crippen molar-refractivity contribution < 1.29 is 0 Å². The Kier molecular flexibility index (Phi) is 3.91. The Morgan fingerprint density at radius 1 is 0.875 bits per heavy atom. The lowest BCUT2D eigenvalue weighted by Crippen LogP contribution is -1.86. The minimum atomic E-state index is -0.516. The molecule has 0 unspecified atom stereocenters. The minimum Gasteiger partial charge on any atom is -0.100 e. The van der Waals surface area contributed by atoms with Gasteiger partial charge in [0.2, 0.25) is 0 Å². The van der Waals surface area contributed by atoms with E-state index in [1.807, 2.05) is 36.4 Å². The number of rotatable bonds is 2. The first-order valence-corrected chi connectivity index (χ1v) is 6.48. The predicted molar refractivity (Wildman–Crippen MR) is 74.0 cm³/mol. The molecule has 0 fully saturated rings. The Morgan fingerprint density at radius 2 is 1.56 bits per heavy atom. The van der Waals surface area contributed by atoms with E-state index in [4.69, 9.17) is 23.2 Å². The van der Waals surface area contributed by atoms with Gasteiger partial charge >= 0.3 is 0 Å². The lowest BCUT2D eigenvalue weighted by Gasteiger charge is -2.08. The van der Waals surface area contributed by atoms with Crippen molar-refractivity contribution in [2.24, 2.45) is 0 Å². The van der Waals surface area contributed by atoms with Crippen LogP contribution in [0.5, 0.6) is 0 Å². The summed E-state index contributed by atoms with van der Waals surface area (Å²) in [6.07, 6.45) is 0. The van der Waals surface area contributed by atoms with E-state index in [0.717, 1.165) is 21.2 Å². The maximum atomic E-state index is 5.90. The van der Waals surface area contributed by atoms with Crippen molar-refractivity contribution in [3.05, 3.63) is 58.6 Å². The van der Waals surface area contributed by atoms with Crippen molar-refractivity contribution >= 4 is 39.1 Å². The highest BCUT2D eigenvalue weighted by molar-refractivity contribution is 9.10. The first kappa shape index (κ1) is 12.0. The van der Waals surface area contributed by atoms with Crippen LogP contribution < -0.4 is 0 Å². The molecule has 16 heavy (non-hydrogen) atoms. The Balaban J connectivity index is 2.48. The van der Waals surface area contributed by atoms with Gasteiger partial charge in [-0.05, 0) is 28.8 Å². The van der Waals surface area contributed by atoms with E-state index in [-0.39, 0.29) is 0 Å². The molecule has 0 aliphatic rings. The largest absolute Gasteiger partial charge is 0.133 e. The zero-order chi connectivity index (χ0) is 11.5. The molecule has 82 valence electrons. The van der Waals surface area contributed by atoms with E-state index >= 15 is 0 Å². The summed E-state index contributed by atoms with van der Waals surface area (Å²) in [6.45, 7) is 0. The number of benzene rings is 2. The third-order valence-corrected chi connectivity index (χ3v) is 3.53. The molecule has 0 nitrogen and oxygen atoms in total. The molecule has 0 aromatic heterocycles. The van der Waals surface area contributed by atoms with E-state index in [0.29, 0.717) is 0 Å². The maximum Gasteiger partial charge on any atom is 0.133 e. The lowest BCUT2D eigenvalue weighted by atomic mass is 10.0. The summed E-state index contributed by atoms with van der Waals surface area (Å²) in [5, 5.41) is 0. The minimum absolute atomic E-state index is 0.516. The lowest BCUT2D eigenvalue weighted by molar-refractivity contribution is 1.32. The zero-order valence-electron chi connectivity index (χ0n) is 8.33. The highest BCUT2D eigenvalue weighted by atomic mass is 79.9. The third kappa shape index (κ3) is 2.60. The molecule has 0 heterocycles. The van der Waals surface area contributed by atoms with Crippen LogP contribution in [0, 0.1) is 0 Å². The highest BCUT2D eigenvalue weighted by Gasteiger charge is 2.09. The molecule has 2 rings (SSSR count). The van der Waals surface area contributed by atoms with E-state index < -0.39 is 4.84 Å². The van der Waals surface area contributed by atoms with E-state index in [2.05, 4.69) is 28.1 Å². The van der Waals surface area contributed by atoms with Crippen molar-refractivity contribution in [3.8, 4) is 11.1 Å². The number of halogens is 3. The summed E-state index contributed by atoms with van der Waals surface area (Å²) < 4.78 is 0.933. The Labute approximate surface area is 113 Å². The molecule has 0 N–H and O–H groups in total. The summed E-state index contributed by atoms with van der Waals surface area (Å²) in [6, 6.07) is 16.1. The second kappa shape index (κ2) is 5.22. The smallest absolute Gasteiger partial charge is 0.100 e. The quantitative estimate of drug-likeness (QED) is 0.633. The first-order valence-electron chi connectivity index (χ1n) is 4.81. The number of hydrogen-bond donors (Lipinski definition) is 0. The summed E-state index contributed by atoms with van der Waals surface area (Å²) in [7, 11) is 0. The standard InChI is InChI=1S/C13H9BrCl2/c14-12-7-6-10(8-11(12)13(15)16)9-4-2-1-3-5-9/h1-8,13H. The van der Waals surface area contributed by atoms with Crippen LogP contribution >= 0.6 is 39.1 Å². The molecule has 0 saturated carbocycles. The van der Waals surface area contributed by atoms with Gasteiger partial charge < -0.3 is 0 Å². The second-order valence-electron chi connectivity index (χ2n) is 3.40. The van der Waals surface area contributed by atoms with Crippen LogP contribution in [0.2, 0.25) is 0 Å². The Bertz CT molecular complexity index is 481. The molecule has 0 aliphatic heterocycles. The van der Waals surface area contributed by atoms with Gasteiger partial charge in [-0.1, -0.05) is 52.3 Å². The SMILES string of the molecule is ClC(Cl)c1cc(-c2ccccc2)ccc1Br. The van der Waals surface area contributed by atoms with Gasteiger partial charge in [0.05, 0.1) is 0 Å². The van der Waals surface area contributed by atoms with Crippen LogP contribution in [0.25, 0.3) is 11.1 Å². The molecule has 0 bridgehead atoms. The number of hydrogen-bond acceptors (Lipinski definition) is 0. The van der Waals surface area contributed by atoms with Gasteiger partial charge in [-0.2, -0.15) is 0 Å². The fourth-order valence-corrected chi connectivity index (χ4v) is 2.62. The van der Waals surface area contributed by atoms with Gasteiger partial charge in [0.15, 0.2) is 0 Å². The molecule has 0 saturated heterocycles. The molecule has 3 heteroatoms. The van der Waals surface area contributed by atoms with E-state index in [1.54, 1.807) is 0 Å². The van der Waals surface area contributed by atoms with E-state index in [1.165, 1.54) is 0 Å². The molecular weight excluding hydrogens is 307 g/mol. The van der Waals surface area contributed by atoms with Crippen molar-refractivity contribution in [3.63, 3.8) is 0 Å². The predicted octanol–water partition coefficient (Wildman–Crippen LogP) is 5.59. The number of alkyl halides is 2. The van der Waals surface area contributed by atoms with Crippen molar-refractivity contribution in [2.75, 3.05) is 0 Å². The molecule has 0 atom stereocenters. The van der Waals surface area contributed by atoms with Crippen LogP contribution in [-0.2, 0) is 0 Å². The Hall–Kier alpha value is -0.500. The second-order valence-corrected chi connectivity index (χ2v) is 5.35. The first-order chi connectivity index (χ1) is 7.68. The molecular formula is C13H9BrCl2. The molecule has 0 aliphatic carbocycles. The molecule has 2 aromatic rings. The third-order valence-electron chi connectivity index (χ3n) is 2.34. The summed E-state index contributed by atoms with van der Waals surface area (Å²) >= 11 is 15.2. The van der Waals surface area contributed by atoms with Crippen LogP contribution in [0.15, 0.2) is 53.0 Å². The summed E-state index contributed by atoms with van der Waals surface area (Å²) in [5.74, 6) is 0. The normalized spacial score (nSPS) is 10.8.